The van der Waals surface area contributed by atoms with Crippen molar-refractivity contribution in [2.24, 2.45) is 0 Å². The maximum atomic E-state index is 12.1. The highest BCUT2D eigenvalue weighted by atomic mass is 16.5. The summed E-state index contributed by atoms with van der Waals surface area (Å²) in [5.74, 6) is 1.01. The predicted molar refractivity (Wildman–Crippen MR) is 74.5 cm³/mol. The van der Waals surface area contributed by atoms with E-state index in [4.69, 9.17) is 4.52 Å². The molecule has 20 heavy (non-hydrogen) atoms. The second-order valence-corrected chi connectivity index (χ2v) is 5.11. The van der Waals surface area contributed by atoms with E-state index in [1.807, 2.05) is 19.9 Å². The molecule has 0 aliphatic heterocycles. The average Bonchev–Trinajstić information content (AvgIpc) is 3.04. The highest BCUT2D eigenvalue weighted by Crippen LogP contribution is 2.19. The third-order valence-corrected chi connectivity index (χ3v) is 3.21. The molecule has 2 heterocycles. The van der Waals surface area contributed by atoms with Crippen molar-refractivity contribution >= 4 is 17.9 Å². The molecule has 2 N–H and O–H groups in total. The van der Waals surface area contributed by atoms with Gasteiger partial charge in [-0.05, 0) is 18.9 Å². The zero-order chi connectivity index (χ0) is 14.1. The van der Waals surface area contributed by atoms with Crippen LogP contribution in [0.2, 0.25) is 0 Å². The average molecular weight is 272 g/mol. The minimum Gasteiger partial charge on any atom is -0.360 e. The van der Waals surface area contributed by atoms with Crippen molar-refractivity contribution in [3.63, 3.8) is 0 Å². The van der Waals surface area contributed by atoms with Crippen molar-refractivity contribution in [1.29, 1.82) is 0 Å². The van der Waals surface area contributed by atoms with E-state index in [0.717, 1.165) is 24.2 Å². The number of aromatic nitrogens is 3. The van der Waals surface area contributed by atoms with Crippen LogP contribution in [0.1, 0.15) is 53.8 Å². The van der Waals surface area contributed by atoms with Crippen molar-refractivity contribution < 1.29 is 9.32 Å². The quantitative estimate of drug-likeness (QED) is 0.899. The Morgan fingerprint density at radius 2 is 2.35 bits per heavy atom. The van der Waals surface area contributed by atoms with E-state index in [1.54, 1.807) is 6.07 Å². The van der Waals surface area contributed by atoms with Crippen molar-refractivity contribution in [3.8, 4) is 0 Å². The minimum absolute atomic E-state index is 0.199. The number of imidazole rings is 1. The second-order valence-electron chi connectivity index (χ2n) is 5.11. The van der Waals surface area contributed by atoms with E-state index >= 15 is 0 Å². The molecule has 0 unspecified atom stereocenters. The van der Waals surface area contributed by atoms with Crippen LogP contribution in [-0.4, -0.2) is 21.0 Å². The number of H-pyrrole nitrogens is 1. The maximum absolute atomic E-state index is 12.1. The third-order valence-electron chi connectivity index (χ3n) is 3.21. The number of aryl methyl sites for hydroxylation is 1. The number of amides is 1. The standard InChI is InChI=1S/C14H16N4O2/c1-8(2)12-7-11(18-20-12)13(19)17-14-15-9-5-3-4-6-10(9)16-14/h3,5,7-8H,4,6H2,1-2H3,(H2,15,16,17,19). The SMILES string of the molecule is CC(C)c1cc(C(=O)Nc2nc3c([nH]2)CCC=C3)no1. The van der Waals surface area contributed by atoms with E-state index in [-0.39, 0.29) is 17.5 Å². The molecule has 2 aromatic heterocycles. The number of hydrogen-bond donors (Lipinski definition) is 2. The lowest BCUT2D eigenvalue weighted by Crippen LogP contribution is -2.13. The van der Waals surface area contributed by atoms with Gasteiger partial charge in [-0.1, -0.05) is 25.1 Å². The van der Waals surface area contributed by atoms with Crippen LogP contribution in [0, 0.1) is 0 Å². The largest absolute Gasteiger partial charge is 0.360 e. The fraction of sp³-hybridized carbons (Fsp3) is 0.357. The normalized spacial score (nSPS) is 13.6. The maximum Gasteiger partial charge on any atom is 0.280 e. The van der Waals surface area contributed by atoms with E-state index < -0.39 is 0 Å². The van der Waals surface area contributed by atoms with E-state index in [2.05, 4.69) is 26.5 Å². The van der Waals surface area contributed by atoms with Gasteiger partial charge in [0.2, 0.25) is 5.95 Å². The lowest BCUT2D eigenvalue weighted by molar-refractivity contribution is 0.101. The van der Waals surface area contributed by atoms with Crippen LogP contribution in [-0.2, 0) is 6.42 Å². The number of anilines is 1. The molecule has 3 rings (SSSR count). The number of rotatable bonds is 3. The van der Waals surface area contributed by atoms with Crippen molar-refractivity contribution in [3.05, 3.63) is 35.0 Å². The monoisotopic (exact) mass is 272 g/mol. The summed E-state index contributed by atoms with van der Waals surface area (Å²) in [4.78, 5) is 19.5. The minimum atomic E-state index is -0.323. The number of nitrogens with zero attached hydrogens (tertiary/aromatic N) is 2. The van der Waals surface area contributed by atoms with Gasteiger partial charge in [0.15, 0.2) is 5.69 Å². The van der Waals surface area contributed by atoms with Gasteiger partial charge < -0.3 is 9.51 Å². The van der Waals surface area contributed by atoms with Crippen LogP contribution in [0.25, 0.3) is 6.08 Å². The Bertz CT molecular complexity index is 667. The third kappa shape index (κ3) is 2.36. The first-order valence-corrected chi connectivity index (χ1v) is 6.67. The first kappa shape index (κ1) is 12.7. The van der Waals surface area contributed by atoms with Crippen LogP contribution in [0.15, 0.2) is 16.7 Å². The Kier molecular flexibility index (Phi) is 3.14. The molecule has 6 nitrogen and oxygen atoms in total. The Hall–Kier alpha value is -2.37. The van der Waals surface area contributed by atoms with Crippen LogP contribution in [0.4, 0.5) is 5.95 Å². The molecule has 1 aliphatic carbocycles. The summed E-state index contributed by atoms with van der Waals surface area (Å²) in [7, 11) is 0. The van der Waals surface area contributed by atoms with Gasteiger partial charge in [0, 0.05) is 17.7 Å². The lowest BCUT2D eigenvalue weighted by Gasteiger charge is -2.00. The molecule has 6 heteroatoms. The summed E-state index contributed by atoms with van der Waals surface area (Å²) in [6, 6.07) is 1.66. The first-order chi connectivity index (χ1) is 9.63. The highest BCUT2D eigenvalue weighted by molar-refractivity contribution is 6.01. The van der Waals surface area contributed by atoms with Gasteiger partial charge >= 0.3 is 0 Å². The molecule has 104 valence electrons. The molecule has 0 aromatic carbocycles. The van der Waals surface area contributed by atoms with E-state index in [1.165, 1.54) is 0 Å². The lowest BCUT2D eigenvalue weighted by atomic mass is 10.1. The summed E-state index contributed by atoms with van der Waals surface area (Å²) >= 11 is 0. The molecule has 0 saturated carbocycles. The van der Waals surface area contributed by atoms with E-state index in [0.29, 0.717) is 11.7 Å². The number of hydrogen-bond acceptors (Lipinski definition) is 4. The zero-order valence-corrected chi connectivity index (χ0v) is 11.4. The van der Waals surface area contributed by atoms with Crippen molar-refractivity contribution in [2.75, 3.05) is 5.32 Å². The van der Waals surface area contributed by atoms with Crippen molar-refractivity contribution in [1.82, 2.24) is 15.1 Å². The van der Waals surface area contributed by atoms with Gasteiger partial charge in [0.25, 0.3) is 5.91 Å². The molecule has 1 amide bonds. The van der Waals surface area contributed by atoms with Gasteiger partial charge in [-0.2, -0.15) is 0 Å². The Morgan fingerprint density at radius 1 is 1.50 bits per heavy atom. The highest BCUT2D eigenvalue weighted by Gasteiger charge is 2.17. The molecule has 0 spiro atoms. The summed E-state index contributed by atoms with van der Waals surface area (Å²) < 4.78 is 5.11. The Morgan fingerprint density at radius 3 is 3.05 bits per heavy atom. The Balaban J connectivity index is 1.75. The van der Waals surface area contributed by atoms with Crippen LogP contribution < -0.4 is 5.32 Å². The van der Waals surface area contributed by atoms with Crippen LogP contribution >= 0.6 is 0 Å². The summed E-state index contributed by atoms with van der Waals surface area (Å²) in [5.41, 5.74) is 2.19. The topological polar surface area (TPSA) is 83.8 Å². The Labute approximate surface area is 116 Å². The molecule has 0 atom stereocenters. The smallest absolute Gasteiger partial charge is 0.280 e. The second kappa shape index (κ2) is 4.96. The van der Waals surface area contributed by atoms with Gasteiger partial charge in [-0.3, -0.25) is 10.1 Å². The van der Waals surface area contributed by atoms with E-state index in [9.17, 15) is 4.79 Å². The summed E-state index contributed by atoms with van der Waals surface area (Å²) in [6.45, 7) is 3.96. The zero-order valence-electron chi connectivity index (χ0n) is 11.4. The number of allylic oxidation sites excluding steroid dienone is 1. The molecule has 0 radical (unpaired) electrons. The van der Waals surface area contributed by atoms with Gasteiger partial charge in [-0.15, -0.1) is 0 Å². The molecule has 0 fully saturated rings. The van der Waals surface area contributed by atoms with Crippen LogP contribution in [0.3, 0.4) is 0 Å². The summed E-state index contributed by atoms with van der Waals surface area (Å²) in [6.07, 6.45) is 5.93. The molecule has 2 aromatic rings. The molecule has 0 bridgehead atoms. The first-order valence-electron chi connectivity index (χ1n) is 6.67. The number of aromatic amines is 1. The number of carbonyl (C=O) groups excluding carboxylic acids is 1. The van der Waals surface area contributed by atoms with Gasteiger partial charge in [0.05, 0.1) is 5.69 Å². The molecule has 0 saturated heterocycles. The number of carbonyl (C=O) groups is 1. The predicted octanol–water partition coefficient (Wildman–Crippen LogP) is 2.73. The number of fused-ring (bicyclic) bond motifs is 1. The fourth-order valence-electron chi connectivity index (χ4n) is 2.07. The fourth-order valence-corrected chi connectivity index (χ4v) is 2.07. The van der Waals surface area contributed by atoms with Crippen LogP contribution in [0.5, 0.6) is 0 Å². The molecular formula is C14H16N4O2. The van der Waals surface area contributed by atoms with Crippen molar-refractivity contribution in [2.45, 2.75) is 32.6 Å². The molecule has 1 aliphatic rings. The van der Waals surface area contributed by atoms with Gasteiger partial charge in [-0.25, -0.2) is 4.98 Å². The number of nitrogens with one attached hydrogen (secondary N) is 2. The summed E-state index contributed by atoms with van der Waals surface area (Å²) in [5, 5.41) is 6.48. The van der Waals surface area contributed by atoms with Gasteiger partial charge in [0.1, 0.15) is 5.76 Å². The molecular weight excluding hydrogens is 256 g/mol.